The molecule has 0 unspecified atom stereocenters. The van der Waals surface area contributed by atoms with Crippen LogP contribution in [0.3, 0.4) is 0 Å². The van der Waals surface area contributed by atoms with Gasteiger partial charge in [0.15, 0.2) is 5.82 Å². The van der Waals surface area contributed by atoms with Crippen molar-refractivity contribution in [3.05, 3.63) is 28.7 Å². The van der Waals surface area contributed by atoms with Gasteiger partial charge in [0.2, 0.25) is 5.91 Å². The maximum Gasteiger partial charge on any atom is 0.223 e. The largest absolute Gasteiger partial charge is 0.366 e. The maximum absolute atomic E-state index is 12.6. The first-order chi connectivity index (χ1) is 12.1. The van der Waals surface area contributed by atoms with Crippen molar-refractivity contribution in [3.8, 4) is 0 Å². The summed E-state index contributed by atoms with van der Waals surface area (Å²) in [7, 11) is 0. The molecule has 1 atom stereocenters. The molecular formula is C17H25N5O3. The molecule has 0 spiro atoms. The topological polar surface area (TPSA) is 97.1 Å². The molecule has 3 rings (SSSR count). The summed E-state index contributed by atoms with van der Waals surface area (Å²) in [5.41, 5.74) is 1.88. The standard InChI is InChI=1S/C17H25N5O3/c1-4-5-15-18-17(20-19-15)14-10-22(8-9-24-14)16(23)7-6-13-11(2)21-25-12(13)3/h14H,4-10H2,1-3H3,(H,18,19,20)/t14-/m1/s1. The summed E-state index contributed by atoms with van der Waals surface area (Å²) in [6, 6.07) is 0. The zero-order valence-electron chi connectivity index (χ0n) is 15.0. The normalized spacial score (nSPS) is 17.9. The van der Waals surface area contributed by atoms with Crippen LogP contribution >= 0.6 is 0 Å². The summed E-state index contributed by atoms with van der Waals surface area (Å²) in [6.07, 6.45) is 2.68. The van der Waals surface area contributed by atoms with Gasteiger partial charge < -0.3 is 14.2 Å². The first-order valence-corrected chi connectivity index (χ1v) is 8.80. The molecule has 25 heavy (non-hydrogen) atoms. The van der Waals surface area contributed by atoms with Crippen molar-refractivity contribution in [2.75, 3.05) is 19.7 Å². The fourth-order valence-electron chi connectivity index (χ4n) is 3.08. The quantitative estimate of drug-likeness (QED) is 0.857. The van der Waals surface area contributed by atoms with Crippen LogP contribution in [0.2, 0.25) is 0 Å². The Hall–Kier alpha value is -2.22. The van der Waals surface area contributed by atoms with Crippen LogP contribution < -0.4 is 0 Å². The molecule has 1 aliphatic rings. The van der Waals surface area contributed by atoms with Crippen LogP contribution in [-0.2, 0) is 22.4 Å². The number of carbonyl (C=O) groups excluding carboxylic acids is 1. The highest BCUT2D eigenvalue weighted by molar-refractivity contribution is 5.76. The van der Waals surface area contributed by atoms with E-state index in [1.807, 2.05) is 18.7 Å². The molecule has 1 N–H and O–H groups in total. The van der Waals surface area contributed by atoms with Gasteiger partial charge in [0.05, 0.1) is 18.8 Å². The van der Waals surface area contributed by atoms with Crippen molar-refractivity contribution in [1.82, 2.24) is 25.2 Å². The number of hydrogen-bond donors (Lipinski definition) is 1. The van der Waals surface area contributed by atoms with E-state index in [2.05, 4.69) is 27.3 Å². The first-order valence-electron chi connectivity index (χ1n) is 8.80. The highest BCUT2D eigenvalue weighted by Crippen LogP contribution is 2.21. The van der Waals surface area contributed by atoms with Crippen LogP contribution in [0.15, 0.2) is 4.52 Å². The predicted octanol–water partition coefficient (Wildman–Crippen LogP) is 1.89. The average Bonchev–Trinajstić information content (AvgIpc) is 3.21. The van der Waals surface area contributed by atoms with Gasteiger partial charge in [-0.05, 0) is 26.7 Å². The summed E-state index contributed by atoms with van der Waals surface area (Å²) >= 11 is 0. The second-order valence-corrected chi connectivity index (χ2v) is 6.39. The van der Waals surface area contributed by atoms with Gasteiger partial charge in [-0.1, -0.05) is 12.1 Å². The summed E-state index contributed by atoms with van der Waals surface area (Å²) in [4.78, 5) is 18.9. The Morgan fingerprint density at radius 2 is 2.20 bits per heavy atom. The highest BCUT2D eigenvalue weighted by Gasteiger charge is 2.28. The predicted molar refractivity (Wildman–Crippen MR) is 89.9 cm³/mol. The molecule has 1 saturated heterocycles. The van der Waals surface area contributed by atoms with Crippen molar-refractivity contribution >= 4 is 5.91 Å². The lowest BCUT2D eigenvalue weighted by Gasteiger charge is -2.31. The number of aromatic amines is 1. The number of aryl methyl sites for hydroxylation is 3. The molecule has 0 bridgehead atoms. The van der Waals surface area contributed by atoms with Gasteiger partial charge in [-0.2, -0.15) is 5.10 Å². The van der Waals surface area contributed by atoms with Crippen molar-refractivity contribution in [1.29, 1.82) is 0 Å². The van der Waals surface area contributed by atoms with Crippen molar-refractivity contribution in [2.24, 2.45) is 0 Å². The Morgan fingerprint density at radius 3 is 2.92 bits per heavy atom. The van der Waals surface area contributed by atoms with E-state index in [4.69, 9.17) is 9.26 Å². The number of rotatable bonds is 6. The summed E-state index contributed by atoms with van der Waals surface area (Å²) in [5, 5.41) is 11.1. The van der Waals surface area contributed by atoms with Gasteiger partial charge in [-0.25, -0.2) is 4.98 Å². The molecule has 0 aromatic carbocycles. The summed E-state index contributed by atoms with van der Waals surface area (Å²) < 4.78 is 10.9. The van der Waals surface area contributed by atoms with E-state index in [0.29, 0.717) is 38.4 Å². The average molecular weight is 347 g/mol. The molecule has 0 saturated carbocycles. The second kappa shape index (κ2) is 7.77. The molecule has 8 nitrogen and oxygen atoms in total. The molecule has 0 aliphatic carbocycles. The molecule has 3 heterocycles. The van der Waals surface area contributed by atoms with E-state index < -0.39 is 0 Å². The maximum atomic E-state index is 12.6. The Kier molecular flexibility index (Phi) is 5.47. The Morgan fingerprint density at radius 1 is 1.36 bits per heavy atom. The molecule has 136 valence electrons. The molecule has 2 aromatic rings. The summed E-state index contributed by atoms with van der Waals surface area (Å²) in [6.45, 7) is 7.46. The van der Waals surface area contributed by atoms with Gasteiger partial charge >= 0.3 is 0 Å². The van der Waals surface area contributed by atoms with Crippen LogP contribution in [0.1, 0.15) is 54.5 Å². The Labute approximate surface area is 146 Å². The fraction of sp³-hybridized carbons (Fsp3) is 0.647. The molecule has 8 heteroatoms. The molecule has 1 fully saturated rings. The van der Waals surface area contributed by atoms with E-state index in [-0.39, 0.29) is 12.0 Å². The van der Waals surface area contributed by atoms with E-state index in [1.165, 1.54) is 0 Å². The number of ether oxygens (including phenoxy) is 1. The van der Waals surface area contributed by atoms with Gasteiger partial charge in [-0.3, -0.25) is 9.89 Å². The molecule has 1 amide bonds. The lowest BCUT2D eigenvalue weighted by Crippen LogP contribution is -2.42. The minimum atomic E-state index is -0.265. The van der Waals surface area contributed by atoms with Gasteiger partial charge in [0.25, 0.3) is 0 Å². The van der Waals surface area contributed by atoms with Crippen LogP contribution in [-0.4, -0.2) is 50.8 Å². The third-order valence-corrected chi connectivity index (χ3v) is 4.51. The fourth-order valence-corrected chi connectivity index (χ4v) is 3.08. The van der Waals surface area contributed by atoms with E-state index in [9.17, 15) is 4.79 Å². The first kappa shape index (κ1) is 17.6. The lowest BCUT2D eigenvalue weighted by atomic mass is 10.1. The smallest absolute Gasteiger partial charge is 0.223 e. The van der Waals surface area contributed by atoms with Gasteiger partial charge in [0.1, 0.15) is 17.7 Å². The zero-order chi connectivity index (χ0) is 17.8. The highest BCUT2D eigenvalue weighted by atomic mass is 16.5. The summed E-state index contributed by atoms with van der Waals surface area (Å²) in [5.74, 6) is 2.39. The number of nitrogens with zero attached hydrogens (tertiary/aromatic N) is 4. The number of carbonyl (C=O) groups is 1. The molecule has 0 radical (unpaired) electrons. The minimum Gasteiger partial charge on any atom is -0.366 e. The van der Waals surface area contributed by atoms with Gasteiger partial charge in [-0.15, -0.1) is 0 Å². The molecule has 2 aromatic heterocycles. The van der Waals surface area contributed by atoms with Crippen LogP contribution in [0.4, 0.5) is 0 Å². The number of hydrogen-bond acceptors (Lipinski definition) is 6. The Balaban J connectivity index is 1.57. The van der Waals surface area contributed by atoms with Crippen molar-refractivity contribution in [2.45, 2.75) is 52.6 Å². The van der Waals surface area contributed by atoms with E-state index in [1.54, 1.807) is 0 Å². The third-order valence-electron chi connectivity index (χ3n) is 4.51. The lowest BCUT2D eigenvalue weighted by molar-refractivity contribution is -0.139. The van der Waals surface area contributed by atoms with Gasteiger partial charge in [0, 0.05) is 24.9 Å². The Bertz CT molecular complexity index is 704. The molecule has 1 aliphatic heterocycles. The number of nitrogens with one attached hydrogen (secondary N) is 1. The third kappa shape index (κ3) is 4.07. The van der Waals surface area contributed by atoms with Crippen LogP contribution in [0.5, 0.6) is 0 Å². The minimum absolute atomic E-state index is 0.109. The number of aromatic nitrogens is 4. The monoisotopic (exact) mass is 347 g/mol. The van der Waals surface area contributed by atoms with Crippen LogP contribution in [0.25, 0.3) is 0 Å². The van der Waals surface area contributed by atoms with Crippen LogP contribution in [0, 0.1) is 13.8 Å². The number of morpholine rings is 1. The number of H-pyrrole nitrogens is 1. The van der Waals surface area contributed by atoms with E-state index >= 15 is 0 Å². The zero-order valence-corrected chi connectivity index (χ0v) is 15.0. The molecular weight excluding hydrogens is 322 g/mol. The van der Waals surface area contributed by atoms with Crippen molar-refractivity contribution in [3.63, 3.8) is 0 Å². The SMILES string of the molecule is CCCc1nc([C@H]2CN(C(=O)CCc3c(C)noc3C)CCO2)n[nH]1. The second-order valence-electron chi connectivity index (χ2n) is 6.39. The number of amides is 1. The van der Waals surface area contributed by atoms with E-state index in [0.717, 1.165) is 35.7 Å². The van der Waals surface area contributed by atoms with Crippen molar-refractivity contribution < 1.29 is 14.1 Å².